The van der Waals surface area contributed by atoms with E-state index in [0.29, 0.717) is 11.3 Å². The van der Waals surface area contributed by atoms with Gasteiger partial charge in [0.05, 0.1) is 21.4 Å². The average Bonchev–Trinajstić information content (AvgIpc) is 3.11. The molecule has 0 radical (unpaired) electrons. The number of hydrogen-bond donors (Lipinski definition) is 2. The van der Waals surface area contributed by atoms with Crippen molar-refractivity contribution in [1.29, 1.82) is 0 Å². The minimum Gasteiger partial charge on any atom is -0.462 e. The van der Waals surface area contributed by atoms with Gasteiger partial charge in [-0.3, -0.25) is 30.3 Å². The molecule has 4 N–H and O–H groups in total. The largest absolute Gasteiger partial charge is 0.462 e. The van der Waals surface area contributed by atoms with Crippen LogP contribution < -0.4 is 11.5 Å². The zero-order valence-corrected chi connectivity index (χ0v) is 14.6. The summed E-state index contributed by atoms with van der Waals surface area (Å²) >= 11 is 1.34. The molecule has 0 atom stereocenters. The van der Waals surface area contributed by atoms with Crippen molar-refractivity contribution in [3.05, 3.63) is 48.0 Å². The van der Waals surface area contributed by atoms with Gasteiger partial charge in [-0.25, -0.2) is 4.79 Å². The number of carbonyl (C=O) groups is 1. The Labute approximate surface area is 152 Å². The number of nitrogens with two attached hydrogens (primary N) is 2. The van der Waals surface area contributed by atoms with Crippen molar-refractivity contribution in [2.75, 3.05) is 18.1 Å². The molecule has 0 bridgehead atoms. The van der Waals surface area contributed by atoms with Gasteiger partial charge in [0, 0.05) is 6.07 Å². The van der Waals surface area contributed by atoms with Crippen LogP contribution in [0.2, 0.25) is 0 Å². The summed E-state index contributed by atoms with van der Waals surface area (Å²) in [7, 11) is 0. The summed E-state index contributed by atoms with van der Waals surface area (Å²) in [6.07, 6.45) is 0. The molecule has 0 aliphatic rings. The molecule has 2 heterocycles. The van der Waals surface area contributed by atoms with E-state index in [1.807, 2.05) is 0 Å². The first-order valence-electron chi connectivity index (χ1n) is 6.47. The SMILES string of the molecule is CCOC(=O)c1cc([N+](=O)[O-])sc1N.Nc1sc([N+](=O)[O-])cc1[N+](=O)[O-]. The monoisotopic (exact) mass is 405 g/mol. The van der Waals surface area contributed by atoms with Crippen LogP contribution in [0.5, 0.6) is 0 Å². The number of thiophene rings is 2. The van der Waals surface area contributed by atoms with Crippen LogP contribution in [-0.2, 0) is 4.74 Å². The first-order valence-corrected chi connectivity index (χ1v) is 8.10. The highest BCUT2D eigenvalue weighted by Gasteiger charge is 2.22. The first kappa shape index (κ1) is 20.7. The second kappa shape index (κ2) is 8.67. The van der Waals surface area contributed by atoms with Crippen molar-refractivity contribution in [2.45, 2.75) is 6.92 Å². The van der Waals surface area contributed by atoms with Crippen LogP contribution in [0, 0.1) is 30.3 Å². The Kier molecular flexibility index (Phi) is 6.91. The molecule has 2 aromatic heterocycles. The Hall–Kier alpha value is -3.33. The second-order valence-electron chi connectivity index (χ2n) is 4.19. The number of rotatable bonds is 5. The highest BCUT2D eigenvalue weighted by atomic mass is 32.1. The van der Waals surface area contributed by atoms with Crippen LogP contribution in [0.4, 0.5) is 25.7 Å². The predicted octanol–water partition coefficient (Wildman–Crippen LogP) is 2.56. The number of nitrogens with zero attached hydrogens (tertiary/aromatic N) is 3. The molecule has 0 saturated carbocycles. The third-order valence-electron chi connectivity index (χ3n) is 2.53. The zero-order chi connectivity index (χ0) is 20.0. The third-order valence-corrected chi connectivity index (χ3v) is 4.35. The van der Waals surface area contributed by atoms with Gasteiger partial charge in [-0.1, -0.05) is 0 Å². The van der Waals surface area contributed by atoms with Gasteiger partial charge in [-0.2, -0.15) is 0 Å². The molecule has 0 aliphatic heterocycles. The fraction of sp³-hybridized carbons (Fsp3) is 0.182. The van der Waals surface area contributed by atoms with E-state index in [4.69, 9.17) is 11.5 Å². The smallest absolute Gasteiger partial charge is 0.341 e. The van der Waals surface area contributed by atoms with Crippen LogP contribution in [0.3, 0.4) is 0 Å². The molecule has 26 heavy (non-hydrogen) atoms. The molecule has 140 valence electrons. The number of hydrogen-bond acceptors (Lipinski definition) is 12. The maximum absolute atomic E-state index is 11.2. The number of nitrogen functional groups attached to an aromatic ring is 2. The van der Waals surface area contributed by atoms with E-state index in [0.717, 1.165) is 23.5 Å². The highest BCUT2D eigenvalue weighted by Crippen LogP contribution is 2.36. The van der Waals surface area contributed by atoms with Crippen molar-refractivity contribution >= 4 is 54.3 Å². The van der Waals surface area contributed by atoms with Crippen LogP contribution in [0.15, 0.2) is 12.1 Å². The molecule has 15 heteroatoms. The van der Waals surface area contributed by atoms with E-state index >= 15 is 0 Å². The van der Waals surface area contributed by atoms with Crippen molar-refractivity contribution in [3.63, 3.8) is 0 Å². The topological polar surface area (TPSA) is 208 Å². The number of ether oxygens (including phenoxy) is 1. The summed E-state index contributed by atoms with van der Waals surface area (Å²) in [5.41, 5.74) is 10.2. The van der Waals surface area contributed by atoms with Gasteiger partial charge in [0.25, 0.3) is 0 Å². The fourth-order valence-electron chi connectivity index (χ4n) is 1.47. The summed E-state index contributed by atoms with van der Waals surface area (Å²) in [5, 5.41) is 30.1. The van der Waals surface area contributed by atoms with Gasteiger partial charge in [-0.15, -0.1) is 0 Å². The lowest BCUT2D eigenvalue weighted by atomic mass is 10.3. The molecular formula is C11H11N5O8S2. The molecular weight excluding hydrogens is 394 g/mol. The van der Waals surface area contributed by atoms with Crippen molar-refractivity contribution in [2.24, 2.45) is 0 Å². The molecule has 0 amide bonds. The highest BCUT2D eigenvalue weighted by molar-refractivity contribution is 7.19. The van der Waals surface area contributed by atoms with E-state index in [-0.39, 0.29) is 32.2 Å². The molecule has 2 rings (SSSR count). The maximum atomic E-state index is 11.2. The summed E-state index contributed by atoms with van der Waals surface area (Å²) in [4.78, 5) is 39.8. The minimum absolute atomic E-state index is 0.0588. The van der Waals surface area contributed by atoms with Gasteiger partial charge in [0.1, 0.15) is 16.6 Å². The summed E-state index contributed by atoms with van der Waals surface area (Å²) in [5.74, 6) is -0.630. The molecule has 2 aromatic rings. The van der Waals surface area contributed by atoms with E-state index < -0.39 is 26.4 Å². The molecule has 0 saturated heterocycles. The zero-order valence-electron chi connectivity index (χ0n) is 12.9. The van der Waals surface area contributed by atoms with Gasteiger partial charge in [0.15, 0.2) is 5.00 Å². The van der Waals surface area contributed by atoms with Gasteiger partial charge in [-0.05, 0) is 29.6 Å². The van der Waals surface area contributed by atoms with Crippen LogP contribution in [0.25, 0.3) is 0 Å². The summed E-state index contributed by atoms with van der Waals surface area (Å²) < 4.78 is 4.67. The Balaban J connectivity index is 0.000000263. The fourth-order valence-corrected chi connectivity index (χ4v) is 2.90. The van der Waals surface area contributed by atoms with Crippen LogP contribution in [-0.4, -0.2) is 27.3 Å². The standard InChI is InChI=1S/C7H8N2O4S.C4H3N3O4S/c1-2-13-7(10)4-3-5(9(11)12)14-6(4)8;5-4-2(6(8)9)1-3(12-4)7(10)11/h3H,2,8H2,1H3;1H,5H2. The molecule has 0 spiro atoms. The Morgan fingerprint density at radius 1 is 1.00 bits per heavy atom. The maximum Gasteiger partial charge on any atom is 0.341 e. The lowest BCUT2D eigenvalue weighted by Gasteiger charge is -1.98. The summed E-state index contributed by atoms with van der Waals surface area (Å²) in [6, 6.07) is 1.97. The Morgan fingerprint density at radius 3 is 1.85 bits per heavy atom. The average molecular weight is 405 g/mol. The number of esters is 1. The number of carbonyl (C=O) groups excluding carboxylic acids is 1. The number of nitro groups is 3. The van der Waals surface area contributed by atoms with Crippen molar-refractivity contribution < 1.29 is 24.3 Å². The molecule has 0 fully saturated rings. The summed E-state index contributed by atoms with van der Waals surface area (Å²) in [6.45, 7) is 1.86. The van der Waals surface area contributed by atoms with Crippen molar-refractivity contribution in [3.8, 4) is 0 Å². The Bertz CT molecular complexity index is 861. The molecule has 13 nitrogen and oxygen atoms in total. The van der Waals surface area contributed by atoms with E-state index in [1.165, 1.54) is 0 Å². The lowest BCUT2D eigenvalue weighted by Crippen LogP contribution is -2.05. The van der Waals surface area contributed by atoms with Gasteiger partial charge >= 0.3 is 21.7 Å². The molecule has 0 unspecified atom stereocenters. The molecule has 0 aliphatic carbocycles. The first-order chi connectivity index (χ1) is 12.1. The van der Waals surface area contributed by atoms with E-state index in [2.05, 4.69) is 4.74 Å². The lowest BCUT2D eigenvalue weighted by molar-refractivity contribution is -0.389. The quantitative estimate of drug-likeness (QED) is 0.421. The van der Waals surface area contributed by atoms with Crippen LogP contribution >= 0.6 is 22.7 Å². The minimum atomic E-state index is -0.751. The third kappa shape index (κ3) is 5.08. The number of anilines is 2. The van der Waals surface area contributed by atoms with Gasteiger partial charge < -0.3 is 16.2 Å². The predicted molar refractivity (Wildman–Crippen MR) is 93.4 cm³/mol. The van der Waals surface area contributed by atoms with Crippen molar-refractivity contribution in [1.82, 2.24) is 0 Å². The van der Waals surface area contributed by atoms with E-state index in [9.17, 15) is 35.1 Å². The second-order valence-corrected chi connectivity index (χ2v) is 6.31. The molecule has 0 aromatic carbocycles. The van der Waals surface area contributed by atoms with E-state index in [1.54, 1.807) is 6.92 Å². The normalized spacial score (nSPS) is 9.73. The van der Waals surface area contributed by atoms with Gasteiger partial charge in [0.2, 0.25) is 0 Å². The Morgan fingerprint density at radius 2 is 1.50 bits per heavy atom. The van der Waals surface area contributed by atoms with Crippen LogP contribution in [0.1, 0.15) is 17.3 Å².